The Bertz CT molecular complexity index is 296. The summed E-state index contributed by atoms with van der Waals surface area (Å²) in [7, 11) is 0. The molecule has 1 N–H and O–H groups in total. The molecule has 0 aliphatic heterocycles. The Morgan fingerprint density at radius 2 is 2.60 bits per heavy atom. The van der Waals surface area contributed by atoms with E-state index in [4.69, 9.17) is 6.42 Å². The number of nitrogens with one attached hydrogen (secondary N) is 1. The van der Waals surface area contributed by atoms with Crippen LogP contribution < -0.4 is 0 Å². The highest BCUT2D eigenvalue weighted by atomic mass is 16.6. The first-order chi connectivity index (χ1) is 4.75. The average molecular weight is 137 g/mol. The highest BCUT2D eigenvalue weighted by Crippen LogP contribution is 2.11. The smallest absolute Gasteiger partial charge is 0.264 e. The number of H-pyrrole nitrogens is 1. The van der Waals surface area contributed by atoms with Crippen LogP contribution in [0.15, 0.2) is 6.20 Å². The monoisotopic (exact) mass is 137 g/mol. The number of terminal acetylenes is 1. The van der Waals surface area contributed by atoms with Crippen molar-refractivity contribution in [3.63, 3.8) is 0 Å². The van der Waals surface area contributed by atoms with Crippen molar-refractivity contribution in [2.24, 2.45) is 0 Å². The fourth-order valence-corrected chi connectivity index (χ4v) is 0.524. The maximum absolute atomic E-state index is 10.1. The number of hydrogen-bond donors (Lipinski definition) is 1. The Morgan fingerprint density at radius 1 is 1.90 bits per heavy atom. The topological polar surface area (TPSA) is 71.8 Å². The van der Waals surface area contributed by atoms with Crippen molar-refractivity contribution in [2.45, 2.75) is 0 Å². The minimum atomic E-state index is -0.585. The number of aromatic amines is 1. The van der Waals surface area contributed by atoms with E-state index in [1.54, 1.807) is 0 Å². The van der Waals surface area contributed by atoms with E-state index in [-0.39, 0.29) is 11.4 Å². The minimum Gasteiger partial charge on any atom is -0.264 e. The molecule has 1 aromatic heterocycles. The van der Waals surface area contributed by atoms with E-state index in [2.05, 4.69) is 16.1 Å². The van der Waals surface area contributed by atoms with Crippen LogP contribution in [0.25, 0.3) is 0 Å². The van der Waals surface area contributed by atoms with E-state index >= 15 is 0 Å². The lowest BCUT2D eigenvalue weighted by Gasteiger charge is -1.82. The molecule has 0 saturated heterocycles. The second-order valence-corrected chi connectivity index (χ2v) is 1.53. The highest BCUT2D eigenvalue weighted by Gasteiger charge is 2.12. The molecule has 0 amide bonds. The van der Waals surface area contributed by atoms with Crippen molar-refractivity contribution >= 4 is 5.69 Å². The molecule has 10 heavy (non-hydrogen) atoms. The first-order valence-corrected chi connectivity index (χ1v) is 2.40. The summed E-state index contributed by atoms with van der Waals surface area (Å²) in [5.41, 5.74) is -0.0625. The van der Waals surface area contributed by atoms with Crippen molar-refractivity contribution < 1.29 is 4.92 Å². The van der Waals surface area contributed by atoms with E-state index in [1.807, 2.05) is 0 Å². The van der Waals surface area contributed by atoms with E-state index in [0.717, 1.165) is 6.20 Å². The maximum Gasteiger partial charge on any atom is 0.322 e. The molecule has 0 aromatic carbocycles. The fraction of sp³-hybridized carbons (Fsp3) is 0. The molecule has 1 heterocycles. The summed E-state index contributed by atoms with van der Waals surface area (Å²) in [4.78, 5) is 9.51. The molecule has 1 rings (SSSR count). The van der Waals surface area contributed by atoms with Crippen LogP contribution in [0.1, 0.15) is 5.69 Å². The van der Waals surface area contributed by atoms with E-state index in [1.165, 1.54) is 0 Å². The Labute approximate surface area is 56.2 Å². The lowest BCUT2D eigenvalue weighted by molar-refractivity contribution is -0.385. The number of nitrogens with zero attached hydrogens (tertiary/aromatic N) is 2. The molecule has 0 atom stereocenters. The zero-order valence-electron chi connectivity index (χ0n) is 4.87. The van der Waals surface area contributed by atoms with Gasteiger partial charge in [-0.15, -0.1) is 6.42 Å². The number of nitro groups is 1. The summed E-state index contributed by atoms with van der Waals surface area (Å²) in [6.45, 7) is 0. The molecule has 1 aromatic rings. The number of rotatable bonds is 1. The van der Waals surface area contributed by atoms with E-state index in [9.17, 15) is 10.1 Å². The van der Waals surface area contributed by atoms with Gasteiger partial charge in [-0.3, -0.25) is 15.2 Å². The van der Waals surface area contributed by atoms with Gasteiger partial charge in [-0.2, -0.15) is 5.10 Å². The van der Waals surface area contributed by atoms with Crippen molar-refractivity contribution in [3.8, 4) is 12.3 Å². The minimum absolute atomic E-state index is 0.102. The van der Waals surface area contributed by atoms with E-state index < -0.39 is 4.92 Å². The quantitative estimate of drug-likeness (QED) is 0.343. The van der Waals surface area contributed by atoms with Crippen LogP contribution in [0.4, 0.5) is 5.69 Å². The van der Waals surface area contributed by atoms with Crippen molar-refractivity contribution in [2.75, 3.05) is 0 Å². The van der Waals surface area contributed by atoms with Crippen LogP contribution in [-0.2, 0) is 0 Å². The summed E-state index contributed by atoms with van der Waals surface area (Å²) < 4.78 is 0. The standard InChI is InChI=1S/C5H3N3O2/c1-2-4-5(8(9)10)3-6-7-4/h1,3H,(H,6,7). The van der Waals surface area contributed by atoms with Gasteiger partial charge in [0, 0.05) is 0 Å². The molecular weight excluding hydrogens is 134 g/mol. The zero-order chi connectivity index (χ0) is 7.56. The second kappa shape index (κ2) is 2.19. The molecule has 5 heteroatoms. The first kappa shape index (κ1) is 6.29. The number of aromatic nitrogens is 2. The number of hydrogen-bond acceptors (Lipinski definition) is 3. The molecule has 0 saturated carbocycles. The Balaban J connectivity index is 3.17. The summed E-state index contributed by atoms with van der Waals surface area (Å²) in [6, 6.07) is 0. The first-order valence-electron chi connectivity index (χ1n) is 2.40. The lowest BCUT2D eigenvalue weighted by atomic mass is 10.4. The third-order valence-corrected chi connectivity index (χ3v) is 0.960. The molecule has 50 valence electrons. The van der Waals surface area contributed by atoms with Gasteiger partial charge in [0.2, 0.25) is 0 Å². The van der Waals surface area contributed by atoms with Gasteiger partial charge in [0.1, 0.15) is 6.20 Å². The van der Waals surface area contributed by atoms with Gasteiger partial charge in [-0.05, 0) is 5.92 Å². The summed E-state index contributed by atoms with van der Waals surface area (Å²) in [6.07, 6.45) is 5.99. The Hall–Kier alpha value is -1.83. The SMILES string of the molecule is C#Cc1[nH]ncc1[N+](=O)[O-]. The lowest BCUT2D eigenvalue weighted by Crippen LogP contribution is -1.87. The summed E-state index contributed by atoms with van der Waals surface area (Å²) in [5.74, 6) is 2.10. The van der Waals surface area contributed by atoms with Gasteiger partial charge in [-0.1, -0.05) is 0 Å². The largest absolute Gasteiger partial charge is 0.322 e. The van der Waals surface area contributed by atoms with Crippen LogP contribution in [0.5, 0.6) is 0 Å². The van der Waals surface area contributed by atoms with Crippen LogP contribution >= 0.6 is 0 Å². The third kappa shape index (κ3) is 0.821. The molecular formula is C5H3N3O2. The van der Waals surface area contributed by atoms with Crippen LogP contribution in [0.3, 0.4) is 0 Å². The maximum atomic E-state index is 10.1. The average Bonchev–Trinajstić information content (AvgIpc) is 2.33. The normalized spacial score (nSPS) is 8.70. The van der Waals surface area contributed by atoms with Crippen LogP contribution in [-0.4, -0.2) is 15.1 Å². The molecule has 5 nitrogen and oxygen atoms in total. The van der Waals surface area contributed by atoms with E-state index in [0.29, 0.717) is 0 Å². The van der Waals surface area contributed by atoms with Gasteiger partial charge < -0.3 is 0 Å². The molecule has 0 aliphatic rings. The predicted molar refractivity (Wildman–Crippen MR) is 33.2 cm³/mol. The zero-order valence-corrected chi connectivity index (χ0v) is 4.87. The highest BCUT2D eigenvalue weighted by molar-refractivity contribution is 5.42. The van der Waals surface area contributed by atoms with Crippen LogP contribution in [0.2, 0.25) is 0 Å². The Kier molecular flexibility index (Phi) is 1.38. The summed E-state index contributed by atoms with van der Waals surface area (Å²) >= 11 is 0. The van der Waals surface area contributed by atoms with Gasteiger partial charge >= 0.3 is 5.69 Å². The van der Waals surface area contributed by atoms with Gasteiger partial charge in [0.15, 0.2) is 5.69 Å². The van der Waals surface area contributed by atoms with Gasteiger partial charge in [-0.25, -0.2) is 0 Å². The molecule has 0 fully saturated rings. The van der Waals surface area contributed by atoms with Crippen molar-refractivity contribution in [1.82, 2.24) is 10.2 Å². The molecule has 0 aliphatic carbocycles. The molecule has 0 bridgehead atoms. The van der Waals surface area contributed by atoms with Crippen molar-refractivity contribution in [1.29, 1.82) is 0 Å². The fourth-order valence-electron chi connectivity index (χ4n) is 0.524. The van der Waals surface area contributed by atoms with Gasteiger partial charge in [0.25, 0.3) is 0 Å². The van der Waals surface area contributed by atoms with Crippen LogP contribution in [0, 0.1) is 22.5 Å². The molecule has 0 radical (unpaired) electrons. The molecule has 0 spiro atoms. The Morgan fingerprint density at radius 3 is 3.00 bits per heavy atom. The third-order valence-electron chi connectivity index (χ3n) is 0.960. The van der Waals surface area contributed by atoms with Gasteiger partial charge in [0.05, 0.1) is 4.92 Å². The second-order valence-electron chi connectivity index (χ2n) is 1.53. The predicted octanol–water partition coefficient (Wildman–Crippen LogP) is 0.299. The summed E-state index contributed by atoms with van der Waals surface area (Å²) in [5, 5.41) is 15.8. The van der Waals surface area contributed by atoms with Crippen molar-refractivity contribution in [3.05, 3.63) is 22.0 Å². The molecule has 0 unspecified atom stereocenters.